The molecule has 0 unspecified atom stereocenters. The van der Waals surface area contributed by atoms with Crippen LogP contribution in [0.3, 0.4) is 0 Å². The van der Waals surface area contributed by atoms with E-state index in [9.17, 15) is 9.90 Å². The smallest absolute Gasteiger partial charge is 0.154 e. The molecule has 0 atom stereocenters. The van der Waals surface area contributed by atoms with Gasteiger partial charge in [0.15, 0.2) is 5.82 Å². The number of benzene rings is 2. The number of phenols is 1. The van der Waals surface area contributed by atoms with E-state index in [4.69, 9.17) is 5.73 Å². The van der Waals surface area contributed by atoms with Gasteiger partial charge in [-0.3, -0.25) is 0 Å². The molecule has 2 heterocycles. The van der Waals surface area contributed by atoms with Crippen molar-refractivity contribution in [3.8, 4) is 28.1 Å². The van der Waals surface area contributed by atoms with Crippen LogP contribution in [-0.2, 0) is 4.79 Å². The van der Waals surface area contributed by atoms with Crippen LogP contribution < -0.4 is 10.6 Å². The molecule has 6 heteroatoms. The monoisotopic (exact) mass is 374 g/mol. The van der Waals surface area contributed by atoms with Crippen LogP contribution in [0.15, 0.2) is 54.6 Å². The lowest BCUT2D eigenvalue weighted by Gasteiger charge is -2.31. The van der Waals surface area contributed by atoms with Crippen molar-refractivity contribution in [2.24, 2.45) is 5.92 Å². The third-order valence-corrected chi connectivity index (χ3v) is 5.28. The summed E-state index contributed by atoms with van der Waals surface area (Å²) in [5.74, 6) is 0.686. The number of para-hydroxylation sites is 1. The second-order valence-electron chi connectivity index (χ2n) is 7.05. The molecular weight excluding hydrogens is 352 g/mol. The molecule has 0 radical (unpaired) electrons. The molecule has 142 valence electrons. The van der Waals surface area contributed by atoms with Gasteiger partial charge < -0.3 is 20.5 Å². The van der Waals surface area contributed by atoms with E-state index in [1.165, 1.54) is 0 Å². The molecule has 0 bridgehead atoms. The molecule has 1 aromatic heterocycles. The van der Waals surface area contributed by atoms with E-state index in [0.29, 0.717) is 17.1 Å². The van der Waals surface area contributed by atoms with Gasteiger partial charge in [0.2, 0.25) is 0 Å². The lowest BCUT2D eigenvalue weighted by atomic mass is 9.97. The van der Waals surface area contributed by atoms with Gasteiger partial charge in [-0.1, -0.05) is 24.3 Å². The summed E-state index contributed by atoms with van der Waals surface area (Å²) in [7, 11) is 0. The second kappa shape index (κ2) is 7.68. The summed E-state index contributed by atoms with van der Waals surface area (Å²) in [6.07, 6.45) is 2.87. The molecule has 1 aliphatic rings. The number of carbonyl (C=O) groups is 1. The molecule has 3 N–H and O–H groups in total. The molecule has 0 amide bonds. The van der Waals surface area contributed by atoms with E-state index < -0.39 is 0 Å². The van der Waals surface area contributed by atoms with Crippen molar-refractivity contribution < 1.29 is 9.90 Å². The Bertz CT molecular complexity index is 980. The standard InChI is InChI=1S/C22H22N4O2/c23-22-19(13-20(24-25-22)18-3-1-2-4-21(18)28)16-5-7-17(8-6-16)26-11-9-15(14-27)10-12-26/h1-8,13-15,28H,9-12H2,(H2,23,25). The fourth-order valence-corrected chi connectivity index (χ4v) is 3.60. The average Bonchev–Trinajstić information content (AvgIpc) is 2.75. The van der Waals surface area contributed by atoms with Gasteiger partial charge in [-0.05, 0) is 48.7 Å². The highest BCUT2D eigenvalue weighted by atomic mass is 16.3. The summed E-state index contributed by atoms with van der Waals surface area (Å²) >= 11 is 0. The number of hydrogen-bond donors (Lipinski definition) is 2. The molecule has 28 heavy (non-hydrogen) atoms. The van der Waals surface area contributed by atoms with E-state index >= 15 is 0 Å². The van der Waals surface area contributed by atoms with Crippen LogP contribution in [0.5, 0.6) is 5.75 Å². The molecule has 1 fully saturated rings. The molecular formula is C22H22N4O2. The molecule has 1 aliphatic heterocycles. The van der Waals surface area contributed by atoms with Crippen molar-refractivity contribution in [2.45, 2.75) is 12.8 Å². The number of anilines is 2. The summed E-state index contributed by atoms with van der Waals surface area (Å²) < 4.78 is 0. The molecule has 3 aromatic rings. The third-order valence-electron chi connectivity index (χ3n) is 5.28. The zero-order valence-electron chi connectivity index (χ0n) is 15.5. The zero-order chi connectivity index (χ0) is 19.5. The summed E-state index contributed by atoms with van der Waals surface area (Å²) in [6.45, 7) is 1.78. The fourth-order valence-electron chi connectivity index (χ4n) is 3.60. The number of aromatic nitrogens is 2. The Balaban J connectivity index is 1.60. The number of nitrogens with zero attached hydrogens (tertiary/aromatic N) is 3. The summed E-state index contributed by atoms with van der Waals surface area (Å²) in [5, 5.41) is 18.3. The maximum atomic E-state index is 10.9. The second-order valence-corrected chi connectivity index (χ2v) is 7.05. The predicted octanol–water partition coefficient (Wildman–Crippen LogP) is 3.51. The first kappa shape index (κ1) is 18.0. The number of aromatic hydroxyl groups is 1. The summed E-state index contributed by atoms with van der Waals surface area (Å²) in [5.41, 5.74) is 10.1. The molecule has 1 saturated heterocycles. The average molecular weight is 374 g/mol. The molecule has 0 spiro atoms. The van der Waals surface area contributed by atoms with Gasteiger partial charge in [-0.25, -0.2) is 0 Å². The van der Waals surface area contributed by atoms with E-state index in [2.05, 4.69) is 27.2 Å². The van der Waals surface area contributed by atoms with Crippen molar-refractivity contribution in [3.05, 3.63) is 54.6 Å². The minimum atomic E-state index is 0.154. The number of hydrogen-bond acceptors (Lipinski definition) is 6. The van der Waals surface area contributed by atoms with Gasteiger partial charge in [-0.15, -0.1) is 10.2 Å². The van der Waals surface area contributed by atoms with Crippen LogP contribution in [-0.4, -0.2) is 34.7 Å². The van der Waals surface area contributed by atoms with Crippen molar-refractivity contribution >= 4 is 17.8 Å². The Labute approximate surface area is 163 Å². The lowest BCUT2D eigenvalue weighted by molar-refractivity contribution is -0.111. The number of phenolic OH excluding ortho intramolecular Hbond substituents is 1. The van der Waals surface area contributed by atoms with E-state index in [1.807, 2.05) is 24.3 Å². The Morgan fingerprint density at radius 3 is 2.39 bits per heavy atom. The van der Waals surface area contributed by atoms with Crippen LogP contribution in [0.4, 0.5) is 11.5 Å². The Morgan fingerprint density at radius 1 is 1.00 bits per heavy atom. The molecule has 0 aliphatic carbocycles. The molecule has 0 saturated carbocycles. The third kappa shape index (κ3) is 3.53. The maximum absolute atomic E-state index is 10.9. The highest BCUT2D eigenvalue weighted by Crippen LogP contribution is 2.33. The topological polar surface area (TPSA) is 92.3 Å². The van der Waals surface area contributed by atoms with Gasteiger partial charge in [0, 0.05) is 35.8 Å². The van der Waals surface area contributed by atoms with Crippen LogP contribution >= 0.6 is 0 Å². The Kier molecular flexibility index (Phi) is 4.93. The predicted molar refractivity (Wildman–Crippen MR) is 110 cm³/mol. The molecule has 2 aromatic carbocycles. The number of carbonyl (C=O) groups excluding carboxylic acids is 1. The number of nitrogen functional groups attached to an aromatic ring is 1. The normalized spacial score (nSPS) is 14.8. The van der Waals surface area contributed by atoms with E-state index in [0.717, 1.165) is 49.0 Å². The minimum Gasteiger partial charge on any atom is -0.507 e. The number of nitrogens with two attached hydrogens (primary N) is 1. The van der Waals surface area contributed by atoms with Crippen molar-refractivity contribution in [2.75, 3.05) is 23.7 Å². The lowest BCUT2D eigenvalue weighted by Crippen LogP contribution is -2.33. The highest BCUT2D eigenvalue weighted by molar-refractivity contribution is 5.79. The zero-order valence-corrected chi connectivity index (χ0v) is 15.5. The number of rotatable bonds is 4. The first-order valence-electron chi connectivity index (χ1n) is 9.38. The first-order chi connectivity index (χ1) is 13.7. The van der Waals surface area contributed by atoms with E-state index in [1.54, 1.807) is 18.2 Å². The van der Waals surface area contributed by atoms with Crippen molar-refractivity contribution in [3.63, 3.8) is 0 Å². The fraction of sp³-hybridized carbons (Fsp3) is 0.227. The van der Waals surface area contributed by atoms with Crippen molar-refractivity contribution in [1.82, 2.24) is 10.2 Å². The maximum Gasteiger partial charge on any atom is 0.154 e. The first-order valence-corrected chi connectivity index (χ1v) is 9.38. The van der Waals surface area contributed by atoms with Crippen LogP contribution in [0.25, 0.3) is 22.4 Å². The van der Waals surface area contributed by atoms with Crippen molar-refractivity contribution in [1.29, 1.82) is 0 Å². The van der Waals surface area contributed by atoms with Gasteiger partial charge in [0.1, 0.15) is 12.0 Å². The Morgan fingerprint density at radius 2 is 1.71 bits per heavy atom. The summed E-state index contributed by atoms with van der Waals surface area (Å²) in [6, 6.07) is 17.0. The Hall–Kier alpha value is -3.41. The quantitative estimate of drug-likeness (QED) is 0.679. The van der Waals surface area contributed by atoms with Crippen LogP contribution in [0, 0.1) is 5.92 Å². The van der Waals surface area contributed by atoms with Crippen LogP contribution in [0.2, 0.25) is 0 Å². The van der Waals surface area contributed by atoms with Crippen LogP contribution in [0.1, 0.15) is 12.8 Å². The largest absolute Gasteiger partial charge is 0.507 e. The minimum absolute atomic E-state index is 0.154. The molecule has 4 rings (SSSR count). The SMILES string of the molecule is Nc1nnc(-c2ccccc2O)cc1-c1ccc(N2CCC(C=O)CC2)cc1. The highest BCUT2D eigenvalue weighted by Gasteiger charge is 2.19. The van der Waals surface area contributed by atoms with E-state index in [-0.39, 0.29) is 11.7 Å². The number of piperidine rings is 1. The van der Waals surface area contributed by atoms with Gasteiger partial charge in [-0.2, -0.15) is 0 Å². The molecule has 6 nitrogen and oxygen atoms in total. The number of aldehydes is 1. The van der Waals surface area contributed by atoms with Gasteiger partial charge in [0.25, 0.3) is 0 Å². The summed E-state index contributed by atoms with van der Waals surface area (Å²) in [4.78, 5) is 13.2. The van der Waals surface area contributed by atoms with Gasteiger partial charge >= 0.3 is 0 Å². The van der Waals surface area contributed by atoms with Gasteiger partial charge in [0.05, 0.1) is 5.69 Å².